The zero-order chi connectivity index (χ0) is 37.3. The van der Waals surface area contributed by atoms with E-state index >= 15 is 0 Å². The normalized spacial score (nSPS) is 11.3. The molecule has 0 bridgehead atoms. The van der Waals surface area contributed by atoms with Crippen LogP contribution in [0.4, 0.5) is 5.69 Å². The Labute approximate surface area is 303 Å². The third-order valence-electron chi connectivity index (χ3n) is 8.22. The second kappa shape index (κ2) is 16.3. The number of carbonyl (C=O) groups excluding carboxylic acids is 4. The van der Waals surface area contributed by atoms with E-state index < -0.39 is 35.8 Å². The van der Waals surface area contributed by atoms with E-state index in [0.717, 1.165) is 11.1 Å². The van der Waals surface area contributed by atoms with Gasteiger partial charge in [-0.25, -0.2) is 19.4 Å². The molecule has 1 aromatic heterocycles. The number of fused-ring (bicyclic) bond motifs is 1. The summed E-state index contributed by atoms with van der Waals surface area (Å²) in [6.45, 7) is 1.64. The number of aromatic amines is 1. The molecule has 0 saturated heterocycles. The first-order valence-corrected chi connectivity index (χ1v) is 16.6. The van der Waals surface area contributed by atoms with Crippen molar-refractivity contribution in [3.63, 3.8) is 0 Å². The smallest absolute Gasteiger partial charge is 0.338 e. The van der Waals surface area contributed by atoms with Crippen molar-refractivity contribution in [3.8, 4) is 0 Å². The minimum absolute atomic E-state index is 0.0232. The number of carbonyl (C=O) groups is 5. The Morgan fingerprint density at radius 3 is 1.75 bits per heavy atom. The monoisotopic (exact) mass is 710 g/mol. The number of ether oxygens (including phenoxy) is 2. The molecule has 6 aromatic rings. The molecule has 266 valence electrons. The van der Waals surface area contributed by atoms with Gasteiger partial charge in [0.25, 0.3) is 5.91 Å². The van der Waals surface area contributed by atoms with Gasteiger partial charge >= 0.3 is 17.9 Å². The number of imidazole rings is 1. The lowest BCUT2D eigenvalue weighted by Crippen LogP contribution is -2.45. The molecule has 0 spiro atoms. The lowest BCUT2D eigenvalue weighted by molar-refractivity contribution is -0.118. The van der Waals surface area contributed by atoms with Gasteiger partial charge in [0, 0.05) is 12.1 Å². The molecular formula is C41H34N4O8. The van der Waals surface area contributed by atoms with Crippen molar-refractivity contribution in [2.75, 3.05) is 5.32 Å². The Morgan fingerprint density at radius 1 is 0.698 bits per heavy atom. The number of nitrogens with one attached hydrogen (secondary N) is 3. The molecular weight excluding hydrogens is 676 g/mol. The van der Waals surface area contributed by atoms with Gasteiger partial charge in [-0.05, 0) is 53.9 Å². The Balaban J connectivity index is 1.29. The summed E-state index contributed by atoms with van der Waals surface area (Å²) >= 11 is 0. The van der Waals surface area contributed by atoms with Crippen molar-refractivity contribution in [2.45, 2.75) is 32.6 Å². The summed E-state index contributed by atoms with van der Waals surface area (Å²) in [5, 5.41) is 15.3. The zero-order valence-corrected chi connectivity index (χ0v) is 28.5. The number of carboxylic acids is 1. The quantitative estimate of drug-likeness (QED) is 0.101. The molecule has 0 unspecified atom stereocenters. The number of anilines is 1. The van der Waals surface area contributed by atoms with Crippen LogP contribution in [0.2, 0.25) is 0 Å². The topological polar surface area (TPSA) is 177 Å². The van der Waals surface area contributed by atoms with E-state index in [2.05, 4.69) is 20.6 Å². The maximum atomic E-state index is 14.0. The summed E-state index contributed by atoms with van der Waals surface area (Å²) in [6, 6.07) is 32.5. The molecule has 2 amide bonds. The van der Waals surface area contributed by atoms with Crippen LogP contribution in [0.25, 0.3) is 11.0 Å². The predicted molar refractivity (Wildman–Crippen MR) is 195 cm³/mol. The van der Waals surface area contributed by atoms with Crippen molar-refractivity contribution in [2.24, 2.45) is 0 Å². The molecule has 6 rings (SSSR count). The summed E-state index contributed by atoms with van der Waals surface area (Å²) in [5.74, 6) is -3.82. The number of aromatic nitrogens is 2. The van der Waals surface area contributed by atoms with Gasteiger partial charge < -0.3 is 30.2 Å². The van der Waals surface area contributed by atoms with Gasteiger partial charge in [-0.3, -0.25) is 9.59 Å². The summed E-state index contributed by atoms with van der Waals surface area (Å²) in [5.41, 5.74) is 2.56. The molecule has 4 N–H and O–H groups in total. The lowest BCUT2D eigenvalue weighted by atomic mass is 10.0. The largest absolute Gasteiger partial charge is 0.478 e. The molecule has 0 aliphatic carbocycles. The molecule has 5 aromatic carbocycles. The molecule has 0 aliphatic rings. The molecule has 0 fully saturated rings. The van der Waals surface area contributed by atoms with Gasteiger partial charge in [-0.15, -0.1) is 0 Å². The molecule has 1 heterocycles. The zero-order valence-electron chi connectivity index (χ0n) is 28.5. The number of aryl methyl sites for hydroxylation is 1. The SMILES string of the molecule is Cc1nc2cc(C(=O)N[C@@H](Cc3ccccc3)C(=O)Nc3cc(C(=O)OCc4ccccc4)cc(C(=O)OCc4ccccc4)c3)c(C(=O)O)cc2[nH]1. The van der Waals surface area contributed by atoms with Crippen LogP contribution < -0.4 is 10.6 Å². The number of amides is 2. The van der Waals surface area contributed by atoms with Crippen LogP contribution in [-0.4, -0.2) is 50.8 Å². The molecule has 12 nitrogen and oxygen atoms in total. The highest BCUT2D eigenvalue weighted by Crippen LogP contribution is 2.22. The first-order chi connectivity index (χ1) is 25.6. The Morgan fingerprint density at radius 2 is 1.23 bits per heavy atom. The highest BCUT2D eigenvalue weighted by atomic mass is 16.5. The van der Waals surface area contributed by atoms with Gasteiger partial charge in [0.2, 0.25) is 5.91 Å². The van der Waals surface area contributed by atoms with E-state index in [1.54, 1.807) is 61.5 Å². The molecule has 1 atom stereocenters. The first-order valence-electron chi connectivity index (χ1n) is 16.6. The minimum atomic E-state index is -1.34. The number of nitrogens with zero attached hydrogens (tertiary/aromatic N) is 1. The first kappa shape index (κ1) is 35.7. The van der Waals surface area contributed by atoms with Crippen LogP contribution in [0, 0.1) is 6.92 Å². The maximum Gasteiger partial charge on any atom is 0.338 e. The van der Waals surface area contributed by atoms with E-state index in [-0.39, 0.29) is 47.6 Å². The van der Waals surface area contributed by atoms with Crippen LogP contribution in [0.3, 0.4) is 0 Å². The molecule has 53 heavy (non-hydrogen) atoms. The van der Waals surface area contributed by atoms with Gasteiger partial charge in [-0.2, -0.15) is 0 Å². The average Bonchev–Trinajstić information content (AvgIpc) is 3.55. The summed E-state index contributed by atoms with van der Waals surface area (Å²) in [4.78, 5) is 73.7. The van der Waals surface area contributed by atoms with Crippen molar-refractivity contribution in [1.82, 2.24) is 15.3 Å². The fourth-order valence-electron chi connectivity index (χ4n) is 5.62. The van der Waals surface area contributed by atoms with Crippen molar-refractivity contribution < 1.29 is 38.6 Å². The standard InChI is InChI=1S/C41H34N4O8/c1-25-42-34-21-32(33(39(48)49)22-35(34)43-25)37(46)45-36(17-26-11-5-2-6-12-26)38(47)44-31-19-29(40(50)52-23-27-13-7-3-8-14-27)18-30(20-31)41(51)53-24-28-15-9-4-10-16-28/h2-16,18-22,36H,17,23-24H2,1H3,(H,42,43)(H,44,47)(H,45,46)(H,48,49)/t36-/m0/s1. The van der Waals surface area contributed by atoms with Crippen molar-refractivity contribution in [1.29, 1.82) is 0 Å². The average molecular weight is 711 g/mol. The predicted octanol–water partition coefficient (Wildman–Crippen LogP) is 6.26. The number of H-pyrrole nitrogens is 1. The number of rotatable bonds is 13. The minimum Gasteiger partial charge on any atom is -0.478 e. The van der Waals surface area contributed by atoms with Crippen LogP contribution in [0.15, 0.2) is 121 Å². The molecule has 12 heteroatoms. The van der Waals surface area contributed by atoms with E-state index in [9.17, 15) is 29.1 Å². The molecule has 0 aliphatic heterocycles. The van der Waals surface area contributed by atoms with Crippen molar-refractivity contribution in [3.05, 3.63) is 166 Å². The fourth-order valence-corrected chi connectivity index (χ4v) is 5.62. The molecule has 0 saturated carbocycles. The molecule has 0 radical (unpaired) electrons. The van der Waals surface area contributed by atoms with E-state index in [0.29, 0.717) is 22.4 Å². The van der Waals surface area contributed by atoms with E-state index in [1.165, 1.54) is 30.3 Å². The fraction of sp³-hybridized carbons (Fsp3) is 0.122. The van der Waals surface area contributed by atoms with Crippen LogP contribution >= 0.6 is 0 Å². The van der Waals surface area contributed by atoms with E-state index in [1.807, 2.05) is 36.4 Å². The third kappa shape index (κ3) is 9.18. The Kier molecular flexibility index (Phi) is 11.0. The van der Waals surface area contributed by atoms with Crippen molar-refractivity contribution >= 4 is 46.4 Å². The third-order valence-corrected chi connectivity index (χ3v) is 8.22. The van der Waals surface area contributed by atoms with Gasteiger partial charge in [-0.1, -0.05) is 91.0 Å². The van der Waals surface area contributed by atoms with Gasteiger partial charge in [0.15, 0.2) is 0 Å². The lowest BCUT2D eigenvalue weighted by Gasteiger charge is -2.20. The number of hydrogen-bond acceptors (Lipinski definition) is 8. The summed E-state index contributed by atoms with van der Waals surface area (Å²) < 4.78 is 11.0. The number of hydrogen-bond donors (Lipinski definition) is 4. The highest BCUT2D eigenvalue weighted by Gasteiger charge is 2.27. The summed E-state index contributed by atoms with van der Waals surface area (Å²) in [7, 11) is 0. The van der Waals surface area contributed by atoms with E-state index in [4.69, 9.17) is 9.47 Å². The maximum absolute atomic E-state index is 14.0. The number of aromatic carboxylic acids is 1. The second-order valence-electron chi connectivity index (χ2n) is 12.2. The van der Waals surface area contributed by atoms with Crippen LogP contribution in [0.1, 0.15) is 63.9 Å². The van der Waals surface area contributed by atoms with Gasteiger partial charge in [0.05, 0.1) is 33.3 Å². The number of carboxylic acid groups (broad SMARTS) is 1. The van der Waals surface area contributed by atoms with Crippen LogP contribution in [0.5, 0.6) is 0 Å². The summed E-state index contributed by atoms with van der Waals surface area (Å²) in [6.07, 6.45) is 0.0232. The highest BCUT2D eigenvalue weighted by molar-refractivity contribution is 6.09. The Hall–Kier alpha value is -7.08. The van der Waals surface area contributed by atoms with Gasteiger partial charge in [0.1, 0.15) is 25.1 Å². The second-order valence-corrected chi connectivity index (χ2v) is 12.2. The Bertz CT molecular complexity index is 2220. The number of esters is 2. The number of benzene rings is 5. The van der Waals surface area contributed by atoms with Crippen LogP contribution in [-0.2, 0) is 33.9 Å².